The second kappa shape index (κ2) is 7.97. The monoisotopic (exact) mass is 350 g/mol. The fourth-order valence-corrected chi connectivity index (χ4v) is 2.47. The third-order valence-corrected chi connectivity index (χ3v) is 3.77. The van der Waals surface area contributed by atoms with E-state index in [9.17, 15) is 9.59 Å². The van der Waals surface area contributed by atoms with Crippen LogP contribution in [0.15, 0.2) is 28.8 Å². The third kappa shape index (κ3) is 4.35. The van der Waals surface area contributed by atoms with E-state index in [1.165, 1.54) is 0 Å². The van der Waals surface area contributed by atoms with Gasteiger partial charge in [-0.3, -0.25) is 4.79 Å². The molecule has 0 unspecified atom stereocenters. The van der Waals surface area contributed by atoms with E-state index in [0.29, 0.717) is 22.9 Å². The van der Waals surface area contributed by atoms with Gasteiger partial charge in [-0.25, -0.2) is 4.79 Å². The molecule has 1 aromatic carbocycles. The number of nitrogens with one attached hydrogen (secondary N) is 1. The number of carbonyl (C=O) groups excluding carboxylic acids is 2. The van der Waals surface area contributed by atoms with Crippen LogP contribution in [0, 0.1) is 6.92 Å². The third-order valence-electron chi connectivity index (χ3n) is 3.53. The largest absolute Gasteiger partial charge is 0.452 e. The van der Waals surface area contributed by atoms with Crippen molar-refractivity contribution in [3.63, 3.8) is 0 Å². The maximum Gasteiger partial charge on any atom is 0.344 e. The highest BCUT2D eigenvalue weighted by atomic mass is 35.5. The van der Waals surface area contributed by atoms with Crippen LogP contribution in [0.1, 0.15) is 47.3 Å². The van der Waals surface area contributed by atoms with Gasteiger partial charge in [-0.1, -0.05) is 35.8 Å². The van der Waals surface area contributed by atoms with E-state index >= 15 is 0 Å². The first-order chi connectivity index (χ1) is 11.4. The van der Waals surface area contributed by atoms with Crippen LogP contribution in [0.2, 0.25) is 5.02 Å². The molecular weight excluding hydrogens is 332 g/mol. The normalized spacial score (nSPS) is 11.8. The average molecular weight is 351 g/mol. The fraction of sp³-hybridized carbons (Fsp3) is 0.353. The van der Waals surface area contributed by atoms with Gasteiger partial charge in [0.25, 0.3) is 5.91 Å². The number of aryl methyl sites for hydroxylation is 2. The summed E-state index contributed by atoms with van der Waals surface area (Å²) in [5.41, 5.74) is 1.67. The molecule has 24 heavy (non-hydrogen) atoms. The molecule has 0 bridgehead atoms. The standard InChI is InChI=1S/C17H19ClN2O4/c1-4-14-16(11(3)24-20-14)17(22)23-9-15(21)19-10(2)12-6-5-7-13(18)8-12/h5-8,10H,4,9H2,1-3H3,(H,19,21)/t10-/m1/s1. The van der Waals surface area contributed by atoms with Gasteiger partial charge in [-0.05, 0) is 38.0 Å². The zero-order valence-electron chi connectivity index (χ0n) is 13.8. The van der Waals surface area contributed by atoms with Gasteiger partial charge >= 0.3 is 5.97 Å². The van der Waals surface area contributed by atoms with Crippen LogP contribution in [-0.2, 0) is 16.0 Å². The number of hydrogen-bond donors (Lipinski definition) is 1. The number of aromatic nitrogens is 1. The molecule has 0 aliphatic carbocycles. The molecule has 1 amide bonds. The number of hydrogen-bond acceptors (Lipinski definition) is 5. The maximum absolute atomic E-state index is 12.1. The summed E-state index contributed by atoms with van der Waals surface area (Å²) >= 11 is 5.93. The summed E-state index contributed by atoms with van der Waals surface area (Å²) in [5, 5.41) is 7.14. The SMILES string of the molecule is CCc1noc(C)c1C(=O)OCC(=O)N[C@H](C)c1cccc(Cl)c1. The smallest absolute Gasteiger partial charge is 0.344 e. The second-order valence-corrected chi connectivity index (χ2v) is 5.77. The van der Waals surface area contributed by atoms with Crippen molar-refractivity contribution >= 4 is 23.5 Å². The Balaban J connectivity index is 1.91. The number of benzene rings is 1. The van der Waals surface area contributed by atoms with Crippen molar-refractivity contribution in [2.75, 3.05) is 6.61 Å². The zero-order chi connectivity index (χ0) is 17.7. The molecule has 1 heterocycles. The molecule has 0 fully saturated rings. The van der Waals surface area contributed by atoms with Gasteiger partial charge in [0.05, 0.1) is 11.7 Å². The molecule has 0 saturated carbocycles. The van der Waals surface area contributed by atoms with Gasteiger partial charge in [-0.15, -0.1) is 0 Å². The summed E-state index contributed by atoms with van der Waals surface area (Å²) in [7, 11) is 0. The van der Waals surface area contributed by atoms with E-state index in [0.717, 1.165) is 5.56 Å². The van der Waals surface area contributed by atoms with Crippen molar-refractivity contribution in [2.24, 2.45) is 0 Å². The van der Waals surface area contributed by atoms with Crippen molar-refractivity contribution in [1.82, 2.24) is 10.5 Å². The lowest BCUT2D eigenvalue weighted by molar-refractivity contribution is -0.124. The number of carbonyl (C=O) groups is 2. The number of nitrogens with zero attached hydrogens (tertiary/aromatic N) is 1. The van der Waals surface area contributed by atoms with Crippen molar-refractivity contribution in [3.8, 4) is 0 Å². The first-order valence-electron chi connectivity index (χ1n) is 7.59. The number of rotatable bonds is 6. The van der Waals surface area contributed by atoms with Gasteiger partial charge in [0.1, 0.15) is 11.3 Å². The first kappa shape index (κ1) is 18.0. The lowest BCUT2D eigenvalue weighted by Crippen LogP contribution is -2.31. The molecule has 0 aliphatic heterocycles. The maximum atomic E-state index is 12.1. The molecule has 6 nitrogen and oxygen atoms in total. The Labute approximate surface area is 145 Å². The molecule has 0 radical (unpaired) electrons. The lowest BCUT2D eigenvalue weighted by Gasteiger charge is -2.14. The van der Waals surface area contributed by atoms with Crippen molar-refractivity contribution in [2.45, 2.75) is 33.2 Å². The van der Waals surface area contributed by atoms with Crippen LogP contribution >= 0.6 is 11.6 Å². The van der Waals surface area contributed by atoms with Gasteiger partial charge in [0.15, 0.2) is 6.61 Å². The van der Waals surface area contributed by atoms with Gasteiger partial charge in [0, 0.05) is 5.02 Å². The predicted octanol–water partition coefficient (Wildman–Crippen LogP) is 3.23. The Bertz CT molecular complexity index is 742. The van der Waals surface area contributed by atoms with Crippen molar-refractivity contribution in [3.05, 3.63) is 51.9 Å². The molecular formula is C17H19ClN2O4. The topological polar surface area (TPSA) is 81.4 Å². The highest BCUT2D eigenvalue weighted by Gasteiger charge is 2.21. The minimum absolute atomic E-state index is 0.251. The summed E-state index contributed by atoms with van der Waals surface area (Å²) < 4.78 is 10.0. The van der Waals surface area contributed by atoms with Crippen LogP contribution in [0.3, 0.4) is 0 Å². The molecule has 0 saturated heterocycles. The first-order valence-corrected chi connectivity index (χ1v) is 7.97. The predicted molar refractivity (Wildman–Crippen MR) is 88.9 cm³/mol. The molecule has 0 spiro atoms. The van der Waals surface area contributed by atoms with Gasteiger partial charge in [0.2, 0.25) is 0 Å². The molecule has 7 heteroatoms. The van der Waals surface area contributed by atoms with Crippen LogP contribution < -0.4 is 5.32 Å². The highest BCUT2D eigenvalue weighted by Crippen LogP contribution is 2.18. The molecule has 1 N–H and O–H groups in total. The Hall–Kier alpha value is -2.34. The number of halogens is 1. The minimum atomic E-state index is -0.615. The van der Waals surface area contributed by atoms with E-state index < -0.39 is 11.9 Å². The Morgan fingerprint density at radius 2 is 2.17 bits per heavy atom. The molecule has 128 valence electrons. The quantitative estimate of drug-likeness (QED) is 0.809. The number of esters is 1. The Morgan fingerprint density at radius 3 is 2.83 bits per heavy atom. The van der Waals surface area contributed by atoms with E-state index in [-0.39, 0.29) is 18.2 Å². The summed E-state index contributed by atoms with van der Waals surface area (Å²) in [6.07, 6.45) is 0.541. The van der Waals surface area contributed by atoms with Crippen LogP contribution in [0.4, 0.5) is 0 Å². The molecule has 1 atom stereocenters. The average Bonchev–Trinajstić information content (AvgIpc) is 2.93. The molecule has 2 rings (SSSR count). The van der Waals surface area contributed by atoms with Crippen LogP contribution in [0.5, 0.6) is 0 Å². The van der Waals surface area contributed by atoms with Crippen LogP contribution in [0.25, 0.3) is 0 Å². The summed E-state index contributed by atoms with van der Waals surface area (Å²) in [6.45, 7) is 4.93. The van der Waals surface area contributed by atoms with Crippen LogP contribution in [-0.4, -0.2) is 23.6 Å². The second-order valence-electron chi connectivity index (χ2n) is 5.33. The lowest BCUT2D eigenvalue weighted by atomic mass is 10.1. The zero-order valence-corrected chi connectivity index (χ0v) is 14.5. The summed E-state index contributed by atoms with van der Waals surface area (Å²) in [5.74, 6) is -0.635. The highest BCUT2D eigenvalue weighted by molar-refractivity contribution is 6.30. The summed E-state index contributed by atoms with van der Waals surface area (Å²) in [6, 6.07) is 6.94. The van der Waals surface area contributed by atoms with Gasteiger partial charge in [-0.2, -0.15) is 0 Å². The Morgan fingerprint density at radius 1 is 1.42 bits per heavy atom. The fourth-order valence-electron chi connectivity index (χ4n) is 2.27. The molecule has 2 aromatic rings. The van der Waals surface area contributed by atoms with E-state index in [2.05, 4.69) is 10.5 Å². The Kier molecular flexibility index (Phi) is 5.98. The number of ether oxygens (including phenoxy) is 1. The van der Waals surface area contributed by atoms with E-state index in [4.69, 9.17) is 20.9 Å². The molecule has 0 aliphatic rings. The van der Waals surface area contributed by atoms with E-state index in [1.807, 2.05) is 19.9 Å². The minimum Gasteiger partial charge on any atom is -0.452 e. The number of amides is 1. The van der Waals surface area contributed by atoms with Crippen molar-refractivity contribution < 1.29 is 18.8 Å². The van der Waals surface area contributed by atoms with Gasteiger partial charge < -0.3 is 14.6 Å². The van der Waals surface area contributed by atoms with E-state index in [1.54, 1.807) is 25.1 Å². The van der Waals surface area contributed by atoms with Crippen molar-refractivity contribution in [1.29, 1.82) is 0 Å². The molecule has 1 aromatic heterocycles. The summed E-state index contributed by atoms with van der Waals surface area (Å²) in [4.78, 5) is 24.1.